The summed E-state index contributed by atoms with van der Waals surface area (Å²) < 4.78 is 0. The Kier molecular flexibility index (Phi) is 17.5. The first-order chi connectivity index (χ1) is 12.7. The predicted octanol–water partition coefficient (Wildman–Crippen LogP) is 6.40. The number of unbranched alkanes of at least 4 members (excludes halogenated alkanes) is 3. The van der Waals surface area contributed by atoms with Gasteiger partial charge in [0.05, 0.1) is 4.92 Å². The highest BCUT2D eigenvalue weighted by atomic mass is 16.6. The minimum absolute atomic E-state index is 0.266. The van der Waals surface area contributed by atoms with E-state index >= 15 is 0 Å². The molecule has 0 unspecified atom stereocenters. The molecule has 0 saturated carbocycles. The maximum atomic E-state index is 11.0. The summed E-state index contributed by atoms with van der Waals surface area (Å²) >= 11 is 0. The topological polar surface area (TPSA) is 60.2 Å². The van der Waals surface area contributed by atoms with Gasteiger partial charge in [-0.1, -0.05) is 62.0 Å². The fourth-order valence-electron chi connectivity index (χ4n) is 2.23. The maximum absolute atomic E-state index is 11.0. The second-order valence-corrected chi connectivity index (χ2v) is 5.89. The van der Waals surface area contributed by atoms with E-state index in [9.17, 15) is 14.9 Å². The van der Waals surface area contributed by atoms with Crippen LogP contribution in [-0.2, 0) is 4.79 Å². The van der Waals surface area contributed by atoms with E-state index in [0.717, 1.165) is 44.9 Å². The summed E-state index contributed by atoms with van der Waals surface area (Å²) in [5.41, 5.74) is 0.266. The van der Waals surface area contributed by atoms with E-state index in [4.69, 9.17) is 0 Å². The zero-order valence-corrected chi connectivity index (χ0v) is 15.9. The van der Waals surface area contributed by atoms with Crippen LogP contribution in [0.2, 0.25) is 0 Å². The monoisotopic (exact) mass is 358 g/mol. The summed E-state index contributed by atoms with van der Waals surface area (Å²) in [6.07, 6.45) is 28.0. The molecule has 0 amide bonds. The van der Waals surface area contributed by atoms with Crippen LogP contribution in [0.3, 0.4) is 0 Å². The molecule has 0 spiro atoms. The maximum Gasteiger partial charge on any atom is 0.242 e. The summed E-state index contributed by atoms with van der Waals surface area (Å²) in [5.74, 6) is 0. The molecule has 0 aliphatic carbocycles. The van der Waals surface area contributed by atoms with Gasteiger partial charge in [0.25, 0.3) is 0 Å². The molecule has 0 fully saturated rings. The number of carbonyl (C=O) groups excluding carboxylic acids is 1. The Bertz CT molecular complexity index is 513. The minimum Gasteiger partial charge on any atom is -0.291 e. The summed E-state index contributed by atoms with van der Waals surface area (Å²) in [6, 6.07) is 0. The van der Waals surface area contributed by atoms with Crippen molar-refractivity contribution in [2.75, 3.05) is 0 Å². The molecule has 0 aliphatic heterocycles. The lowest BCUT2D eigenvalue weighted by Crippen LogP contribution is -1.98. The molecule has 0 bridgehead atoms. The van der Waals surface area contributed by atoms with Gasteiger partial charge in [0, 0.05) is 12.8 Å². The normalized spacial score (nSPS) is 12.9. The van der Waals surface area contributed by atoms with Crippen LogP contribution in [0.1, 0.15) is 71.1 Å². The van der Waals surface area contributed by atoms with Crippen LogP contribution in [0.15, 0.2) is 60.4 Å². The van der Waals surface area contributed by atoms with Crippen molar-refractivity contribution in [1.29, 1.82) is 0 Å². The summed E-state index contributed by atoms with van der Waals surface area (Å²) in [5, 5.41) is 11.0. The Balaban J connectivity index is 3.92. The van der Waals surface area contributed by atoms with Crippen molar-refractivity contribution in [2.45, 2.75) is 71.1 Å². The van der Waals surface area contributed by atoms with Gasteiger partial charge in [0.15, 0.2) is 6.29 Å². The Morgan fingerprint density at radius 1 is 0.846 bits per heavy atom. The van der Waals surface area contributed by atoms with Crippen molar-refractivity contribution in [1.82, 2.24) is 0 Å². The third kappa shape index (κ3) is 16.6. The molecule has 0 saturated heterocycles. The van der Waals surface area contributed by atoms with E-state index < -0.39 is 0 Å². The van der Waals surface area contributed by atoms with Gasteiger partial charge in [-0.15, -0.1) is 0 Å². The van der Waals surface area contributed by atoms with Crippen molar-refractivity contribution in [3.05, 3.63) is 70.5 Å². The van der Waals surface area contributed by atoms with Crippen LogP contribution in [0.4, 0.5) is 0 Å². The zero-order valence-electron chi connectivity index (χ0n) is 15.9. The summed E-state index contributed by atoms with van der Waals surface area (Å²) in [7, 11) is 0. The van der Waals surface area contributed by atoms with Crippen molar-refractivity contribution in [3.8, 4) is 0 Å². The fraction of sp³-hybridized carbons (Fsp3) is 0.500. The Morgan fingerprint density at radius 3 is 1.88 bits per heavy atom. The SMILES string of the molecule is CC/C=C\C/C=C\C/C=C\C/C=C\C/C=C(\CCCCC[C]=O)[N+](=O)[O-]. The molecular formula is C22H32NO3. The zero-order chi connectivity index (χ0) is 19.3. The number of allylic oxidation sites excluding steroid dienone is 10. The lowest BCUT2D eigenvalue weighted by atomic mass is 10.1. The molecule has 0 aliphatic rings. The standard InChI is InChI=1S/C22H32NO3/c1-2-3-4-5-6-7-8-9-10-11-12-13-16-19-22(23(25)26)20-17-14-15-18-21-24/h3-4,6-7,9-10,12-13,19H,2,5,8,11,14-18,20H2,1H3/b4-3-,7-6-,10-9-,13-12-,22-19+. The second-order valence-electron chi connectivity index (χ2n) is 5.89. The fourth-order valence-corrected chi connectivity index (χ4v) is 2.23. The van der Waals surface area contributed by atoms with Crippen molar-refractivity contribution < 1.29 is 9.72 Å². The molecule has 0 N–H and O–H groups in total. The number of nitrogens with zero attached hydrogens (tertiary/aromatic N) is 1. The molecular weight excluding hydrogens is 326 g/mol. The lowest BCUT2D eigenvalue weighted by molar-refractivity contribution is -0.428. The van der Waals surface area contributed by atoms with E-state index in [-0.39, 0.29) is 10.6 Å². The van der Waals surface area contributed by atoms with E-state index in [2.05, 4.69) is 43.4 Å². The Morgan fingerprint density at radius 2 is 1.38 bits per heavy atom. The van der Waals surface area contributed by atoms with Crippen LogP contribution in [-0.4, -0.2) is 11.2 Å². The average Bonchev–Trinajstić information content (AvgIpc) is 2.63. The Hall–Kier alpha value is -2.23. The molecule has 0 rings (SSSR count). The predicted molar refractivity (Wildman–Crippen MR) is 109 cm³/mol. The molecule has 0 aromatic rings. The number of nitro groups is 1. The van der Waals surface area contributed by atoms with E-state index in [1.165, 1.54) is 0 Å². The highest BCUT2D eigenvalue weighted by Gasteiger charge is 2.08. The van der Waals surface area contributed by atoms with Gasteiger partial charge in [-0.2, -0.15) is 0 Å². The molecule has 143 valence electrons. The van der Waals surface area contributed by atoms with Crippen LogP contribution in [0.5, 0.6) is 0 Å². The highest BCUT2D eigenvalue weighted by molar-refractivity contribution is 5.50. The van der Waals surface area contributed by atoms with Gasteiger partial charge in [0.2, 0.25) is 5.70 Å². The van der Waals surface area contributed by atoms with Gasteiger partial charge in [0.1, 0.15) is 0 Å². The number of hydrogen-bond acceptors (Lipinski definition) is 3. The molecule has 26 heavy (non-hydrogen) atoms. The average molecular weight is 359 g/mol. The minimum atomic E-state index is -0.304. The van der Waals surface area contributed by atoms with Crippen LogP contribution in [0, 0.1) is 10.1 Å². The molecule has 0 aromatic carbocycles. The van der Waals surface area contributed by atoms with Crippen molar-refractivity contribution in [3.63, 3.8) is 0 Å². The molecule has 4 heteroatoms. The lowest BCUT2D eigenvalue weighted by Gasteiger charge is -1.98. The van der Waals surface area contributed by atoms with Gasteiger partial charge in [-0.3, -0.25) is 14.9 Å². The first-order valence-electron chi connectivity index (χ1n) is 9.50. The molecule has 0 atom stereocenters. The first-order valence-corrected chi connectivity index (χ1v) is 9.50. The van der Waals surface area contributed by atoms with Crippen LogP contribution >= 0.6 is 0 Å². The largest absolute Gasteiger partial charge is 0.291 e. The van der Waals surface area contributed by atoms with Gasteiger partial charge in [-0.05, 0) is 51.0 Å². The van der Waals surface area contributed by atoms with E-state index in [1.807, 2.05) is 18.4 Å². The molecule has 4 nitrogen and oxygen atoms in total. The summed E-state index contributed by atoms with van der Waals surface area (Å²) in [4.78, 5) is 20.8. The van der Waals surface area contributed by atoms with Crippen molar-refractivity contribution in [2.24, 2.45) is 0 Å². The van der Waals surface area contributed by atoms with Crippen molar-refractivity contribution >= 4 is 6.29 Å². The van der Waals surface area contributed by atoms with E-state index in [1.54, 1.807) is 6.08 Å². The van der Waals surface area contributed by atoms with Crippen LogP contribution in [0.25, 0.3) is 0 Å². The molecule has 0 heterocycles. The number of hydrogen-bond donors (Lipinski definition) is 0. The number of rotatable bonds is 16. The van der Waals surface area contributed by atoms with Gasteiger partial charge >= 0.3 is 0 Å². The Labute approximate surface area is 158 Å². The van der Waals surface area contributed by atoms with Crippen LogP contribution < -0.4 is 0 Å². The third-order valence-corrected chi connectivity index (χ3v) is 3.65. The summed E-state index contributed by atoms with van der Waals surface area (Å²) in [6.45, 7) is 2.13. The molecule has 0 aromatic heterocycles. The third-order valence-electron chi connectivity index (χ3n) is 3.65. The smallest absolute Gasteiger partial charge is 0.242 e. The molecule has 1 radical (unpaired) electrons. The first kappa shape index (κ1) is 23.8. The van der Waals surface area contributed by atoms with Gasteiger partial charge < -0.3 is 0 Å². The highest BCUT2D eigenvalue weighted by Crippen LogP contribution is 2.11. The van der Waals surface area contributed by atoms with E-state index in [0.29, 0.717) is 19.3 Å². The second kappa shape index (κ2) is 19.1. The van der Waals surface area contributed by atoms with Gasteiger partial charge in [-0.25, -0.2) is 0 Å². The quantitative estimate of drug-likeness (QED) is 0.139.